The molecule has 2 rings (SSSR count). The number of nitrogens with zero attached hydrogens (tertiary/aromatic N) is 3. The van der Waals surface area contributed by atoms with E-state index < -0.39 is 34.7 Å². The van der Waals surface area contributed by atoms with Crippen molar-refractivity contribution in [2.24, 2.45) is 5.84 Å². The molecular weight excluding hydrogens is 282 g/mol. The van der Waals surface area contributed by atoms with Crippen LogP contribution in [-0.2, 0) is 9.59 Å². The molecule has 1 aromatic rings. The minimum Gasteiger partial charge on any atom is -0.472 e. The summed E-state index contributed by atoms with van der Waals surface area (Å²) in [5, 5.41) is 10.8. The Hall–Kier alpha value is -2.75. The summed E-state index contributed by atoms with van der Waals surface area (Å²) >= 11 is 0. The van der Waals surface area contributed by atoms with Crippen molar-refractivity contribution >= 4 is 23.5 Å². The summed E-state index contributed by atoms with van der Waals surface area (Å²) in [5.74, 6) is 3.45. The zero-order valence-corrected chi connectivity index (χ0v) is 11.3. The summed E-state index contributed by atoms with van der Waals surface area (Å²) in [7, 11) is 0. The maximum atomic E-state index is 12.3. The second-order valence-electron chi connectivity index (χ2n) is 4.82. The third-order valence-corrected chi connectivity index (χ3v) is 2.86. The molecule has 0 aliphatic carbocycles. The number of hydrogen-bond acceptors (Lipinski definition) is 7. The summed E-state index contributed by atoms with van der Waals surface area (Å²) in [5.41, 5.74) is 0.671. The summed E-state index contributed by atoms with van der Waals surface area (Å²) in [4.78, 5) is 38.6. The highest BCUT2D eigenvalue weighted by Crippen LogP contribution is 2.37. The summed E-state index contributed by atoms with van der Waals surface area (Å²) in [6.45, 7) is 2.63. The molecule has 10 nitrogen and oxygen atoms in total. The second kappa shape index (κ2) is 4.98. The highest BCUT2D eigenvalue weighted by Gasteiger charge is 2.45. The number of rotatable bonds is 3. The first-order valence-corrected chi connectivity index (χ1v) is 5.92. The van der Waals surface area contributed by atoms with Crippen molar-refractivity contribution in [3.05, 3.63) is 22.2 Å². The van der Waals surface area contributed by atoms with Crippen molar-refractivity contribution in [1.29, 1.82) is 0 Å². The number of carbonyl (C=O) groups excluding carboxylic acids is 2. The highest BCUT2D eigenvalue weighted by molar-refractivity contribution is 6.04. The maximum absolute atomic E-state index is 12.3. The molecule has 2 amide bonds. The van der Waals surface area contributed by atoms with Crippen molar-refractivity contribution in [2.75, 3.05) is 11.4 Å². The second-order valence-corrected chi connectivity index (χ2v) is 4.82. The summed E-state index contributed by atoms with van der Waals surface area (Å²) in [6.07, 6.45) is 0. The lowest BCUT2D eigenvalue weighted by Gasteiger charge is -2.35. The van der Waals surface area contributed by atoms with Crippen molar-refractivity contribution in [2.45, 2.75) is 19.4 Å². The molecule has 0 spiro atoms. The van der Waals surface area contributed by atoms with E-state index in [1.807, 2.05) is 5.43 Å². The topological polar surface area (TPSA) is 141 Å². The van der Waals surface area contributed by atoms with Crippen LogP contribution < -0.4 is 20.9 Å². The minimum atomic E-state index is -1.22. The van der Waals surface area contributed by atoms with Gasteiger partial charge in [0.15, 0.2) is 11.4 Å². The quantitative estimate of drug-likeness (QED) is 0.331. The largest absolute Gasteiger partial charge is 0.472 e. The molecule has 21 heavy (non-hydrogen) atoms. The van der Waals surface area contributed by atoms with Gasteiger partial charge in [0, 0.05) is 6.07 Å². The number of nitrogens with one attached hydrogen (secondary N) is 1. The molecule has 3 N–H and O–H groups in total. The van der Waals surface area contributed by atoms with Gasteiger partial charge in [-0.05, 0) is 29.8 Å². The third kappa shape index (κ3) is 2.60. The summed E-state index contributed by atoms with van der Waals surface area (Å²) in [6, 6.07) is 2.49. The fourth-order valence-electron chi connectivity index (χ4n) is 1.88. The van der Waals surface area contributed by atoms with Gasteiger partial charge in [-0.15, -0.1) is 0 Å². The van der Waals surface area contributed by atoms with Crippen LogP contribution in [0.5, 0.6) is 5.75 Å². The zero-order valence-electron chi connectivity index (χ0n) is 11.3. The zero-order chi connectivity index (χ0) is 15.8. The average molecular weight is 295 g/mol. The Morgan fingerprint density at radius 2 is 2.24 bits per heavy atom. The van der Waals surface area contributed by atoms with E-state index in [4.69, 9.17) is 10.6 Å². The number of amides is 2. The Balaban J connectivity index is 2.52. The molecule has 0 atom stereocenters. The molecule has 0 radical (unpaired) electrons. The average Bonchev–Trinajstić information content (AvgIpc) is 2.42. The van der Waals surface area contributed by atoms with Crippen molar-refractivity contribution in [3.63, 3.8) is 0 Å². The molecule has 1 aliphatic rings. The van der Waals surface area contributed by atoms with E-state index in [0.717, 1.165) is 11.0 Å². The van der Waals surface area contributed by atoms with E-state index in [2.05, 4.69) is 4.98 Å². The first kappa shape index (κ1) is 14.7. The smallest absolute Gasteiger partial charge is 0.366 e. The molecule has 112 valence electrons. The molecule has 0 unspecified atom stereocenters. The SMILES string of the molecule is CC1(C)Oc2ccc([N+](=O)[O-])nc2N(CC(=O)NN)C1=O. The molecule has 0 saturated heterocycles. The standard InChI is InChI=1S/C11H13N5O5/c1-11(2)10(18)15(5-8(17)14-12)9-6(21-11)3-4-7(13-9)16(19)20/h3-4H,5,12H2,1-2H3,(H,14,17). The van der Waals surface area contributed by atoms with Gasteiger partial charge in [-0.3, -0.25) is 19.9 Å². The van der Waals surface area contributed by atoms with E-state index in [1.54, 1.807) is 0 Å². The number of nitrogens with two attached hydrogens (primary N) is 1. The van der Waals surface area contributed by atoms with Gasteiger partial charge in [0.05, 0.1) is 0 Å². The van der Waals surface area contributed by atoms with Crippen LogP contribution in [0, 0.1) is 10.1 Å². The fourth-order valence-corrected chi connectivity index (χ4v) is 1.88. The molecule has 1 aromatic heterocycles. The van der Waals surface area contributed by atoms with Crippen LogP contribution in [0.25, 0.3) is 0 Å². The van der Waals surface area contributed by atoms with Gasteiger partial charge >= 0.3 is 5.82 Å². The van der Waals surface area contributed by atoms with Crippen LogP contribution in [0.3, 0.4) is 0 Å². The monoisotopic (exact) mass is 295 g/mol. The molecule has 0 aromatic carbocycles. The molecule has 0 bridgehead atoms. The van der Waals surface area contributed by atoms with E-state index in [1.165, 1.54) is 19.9 Å². The Kier molecular flexibility index (Phi) is 3.47. The van der Waals surface area contributed by atoms with Crippen LogP contribution in [-0.4, -0.2) is 33.9 Å². The third-order valence-electron chi connectivity index (χ3n) is 2.86. The van der Waals surface area contributed by atoms with E-state index >= 15 is 0 Å². The Labute approximate surface area is 119 Å². The number of fused-ring (bicyclic) bond motifs is 1. The molecule has 0 saturated carbocycles. The predicted octanol–water partition coefficient (Wildman–Crippen LogP) is -0.516. The summed E-state index contributed by atoms with van der Waals surface area (Å²) < 4.78 is 5.47. The number of hydrazine groups is 1. The van der Waals surface area contributed by atoms with Crippen LogP contribution in [0.1, 0.15) is 13.8 Å². The number of aromatic nitrogens is 1. The number of carbonyl (C=O) groups is 2. The lowest BCUT2D eigenvalue weighted by Crippen LogP contribution is -2.55. The molecule has 1 aliphatic heterocycles. The van der Waals surface area contributed by atoms with Crippen molar-refractivity contribution in [3.8, 4) is 5.75 Å². The van der Waals surface area contributed by atoms with Gasteiger partial charge in [0.25, 0.3) is 17.6 Å². The van der Waals surface area contributed by atoms with Crippen LogP contribution >= 0.6 is 0 Å². The molecule has 2 heterocycles. The van der Waals surface area contributed by atoms with Crippen molar-refractivity contribution in [1.82, 2.24) is 10.4 Å². The van der Waals surface area contributed by atoms with Gasteiger partial charge in [-0.1, -0.05) is 0 Å². The van der Waals surface area contributed by atoms with Gasteiger partial charge in [0.2, 0.25) is 0 Å². The number of nitro groups is 1. The molecule has 10 heteroatoms. The number of pyridine rings is 1. The molecule has 0 fully saturated rings. The number of ether oxygens (including phenoxy) is 1. The molecular formula is C11H13N5O5. The van der Waals surface area contributed by atoms with Gasteiger partial charge in [0.1, 0.15) is 6.54 Å². The first-order chi connectivity index (χ1) is 9.76. The number of hydrogen-bond donors (Lipinski definition) is 2. The van der Waals surface area contributed by atoms with Crippen LogP contribution in [0.15, 0.2) is 12.1 Å². The Morgan fingerprint density at radius 3 is 2.81 bits per heavy atom. The Morgan fingerprint density at radius 1 is 1.57 bits per heavy atom. The number of anilines is 1. The van der Waals surface area contributed by atoms with Crippen LogP contribution in [0.4, 0.5) is 11.6 Å². The lowest BCUT2D eigenvalue weighted by molar-refractivity contribution is -0.389. The van der Waals surface area contributed by atoms with Gasteiger partial charge < -0.3 is 14.9 Å². The predicted molar refractivity (Wildman–Crippen MR) is 70.3 cm³/mol. The van der Waals surface area contributed by atoms with Crippen LogP contribution in [0.2, 0.25) is 0 Å². The normalized spacial score (nSPS) is 16.0. The van der Waals surface area contributed by atoms with Gasteiger partial charge in [-0.2, -0.15) is 0 Å². The maximum Gasteiger partial charge on any atom is 0.366 e. The lowest BCUT2D eigenvalue weighted by atomic mass is 10.1. The van der Waals surface area contributed by atoms with E-state index in [9.17, 15) is 19.7 Å². The van der Waals surface area contributed by atoms with E-state index in [0.29, 0.717) is 0 Å². The van der Waals surface area contributed by atoms with E-state index in [-0.39, 0.29) is 11.6 Å². The highest BCUT2D eigenvalue weighted by atomic mass is 16.6. The van der Waals surface area contributed by atoms with Gasteiger partial charge in [-0.25, -0.2) is 5.84 Å². The Bertz CT molecular complexity index is 629. The minimum absolute atomic E-state index is 0.0860. The fraction of sp³-hybridized carbons (Fsp3) is 0.364. The van der Waals surface area contributed by atoms with Crippen molar-refractivity contribution < 1.29 is 19.2 Å². The first-order valence-electron chi connectivity index (χ1n) is 5.92.